The van der Waals surface area contributed by atoms with Crippen molar-refractivity contribution >= 4 is 11.6 Å². The lowest BCUT2D eigenvalue weighted by Crippen LogP contribution is -2.21. The van der Waals surface area contributed by atoms with Gasteiger partial charge >= 0.3 is 0 Å². The number of nitrogens with two attached hydrogens (primary N) is 1. The number of nitrogen functional groups attached to an aromatic ring is 1. The van der Waals surface area contributed by atoms with Gasteiger partial charge in [-0.3, -0.25) is 4.79 Å². The molecule has 0 aliphatic carbocycles. The van der Waals surface area contributed by atoms with Gasteiger partial charge in [-0.15, -0.1) is 0 Å². The SMILES string of the molecule is Cc1cc(N)cc(C)c1OCCCC(=O)N(C)C. The van der Waals surface area contributed by atoms with Crippen LogP contribution in [-0.2, 0) is 4.79 Å². The molecule has 0 bridgehead atoms. The van der Waals surface area contributed by atoms with Crippen LogP contribution in [-0.4, -0.2) is 31.5 Å². The topological polar surface area (TPSA) is 55.6 Å². The molecule has 1 aromatic rings. The summed E-state index contributed by atoms with van der Waals surface area (Å²) in [5.74, 6) is 1.01. The van der Waals surface area contributed by atoms with E-state index < -0.39 is 0 Å². The molecule has 4 nitrogen and oxygen atoms in total. The molecule has 0 spiro atoms. The van der Waals surface area contributed by atoms with Crippen LogP contribution in [0.2, 0.25) is 0 Å². The van der Waals surface area contributed by atoms with Gasteiger partial charge < -0.3 is 15.4 Å². The van der Waals surface area contributed by atoms with E-state index in [-0.39, 0.29) is 5.91 Å². The van der Waals surface area contributed by atoms with Crippen molar-refractivity contribution in [1.29, 1.82) is 0 Å². The van der Waals surface area contributed by atoms with Gasteiger partial charge in [-0.25, -0.2) is 0 Å². The van der Waals surface area contributed by atoms with Gasteiger partial charge in [0.05, 0.1) is 6.61 Å². The molecule has 0 radical (unpaired) electrons. The fourth-order valence-corrected chi connectivity index (χ4v) is 1.83. The van der Waals surface area contributed by atoms with Crippen molar-refractivity contribution in [3.63, 3.8) is 0 Å². The molecule has 0 fully saturated rings. The highest BCUT2D eigenvalue weighted by Gasteiger charge is 2.07. The number of aryl methyl sites for hydroxylation is 2. The van der Waals surface area contributed by atoms with Crippen LogP contribution in [0.1, 0.15) is 24.0 Å². The molecule has 0 aliphatic heterocycles. The summed E-state index contributed by atoms with van der Waals surface area (Å²) in [5.41, 5.74) is 8.57. The second-order valence-corrected chi connectivity index (χ2v) is 4.72. The number of carbonyl (C=O) groups is 1. The lowest BCUT2D eigenvalue weighted by molar-refractivity contribution is -0.128. The molecule has 0 saturated carbocycles. The van der Waals surface area contributed by atoms with E-state index in [1.165, 1.54) is 0 Å². The van der Waals surface area contributed by atoms with Crippen molar-refractivity contribution < 1.29 is 9.53 Å². The summed E-state index contributed by atoms with van der Waals surface area (Å²) in [7, 11) is 3.52. The molecule has 0 unspecified atom stereocenters. The largest absolute Gasteiger partial charge is 0.493 e. The molecule has 0 aliphatic rings. The van der Waals surface area contributed by atoms with Gasteiger partial charge in [0, 0.05) is 26.2 Å². The Hall–Kier alpha value is -1.71. The molecule has 1 aromatic carbocycles. The standard InChI is InChI=1S/C14H22N2O2/c1-10-8-12(15)9-11(2)14(10)18-7-5-6-13(17)16(3)4/h8-9H,5-7,15H2,1-4H3. The van der Waals surface area contributed by atoms with Crippen LogP contribution in [0.25, 0.3) is 0 Å². The van der Waals surface area contributed by atoms with Gasteiger partial charge in [0.2, 0.25) is 5.91 Å². The van der Waals surface area contributed by atoms with Gasteiger partial charge in [0.25, 0.3) is 0 Å². The zero-order valence-electron chi connectivity index (χ0n) is 11.6. The Bertz CT molecular complexity index is 405. The fraction of sp³-hybridized carbons (Fsp3) is 0.500. The summed E-state index contributed by atoms with van der Waals surface area (Å²) in [5, 5.41) is 0. The van der Waals surface area contributed by atoms with Crippen LogP contribution in [0.3, 0.4) is 0 Å². The van der Waals surface area contributed by atoms with Gasteiger partial charge in [-0.1, -0.05) is 0 Å². The first-order chi connectivity index (χ1) is 8.41. The Morgan fingerprint density at radius 2 is 1.83 bits per heavy atom. The third kappa shape index (κ3) is 3.95. The maximum atomic E-state index is 11.4. The third-order valence-electron chi connectivity index (χ3n) is 2.76. The number of amides is 1. The summed E-state index contributed by atoms with van der Waals surface area (Å²) in [4.78, 5) is 13.0. The van der Waals surface area contributed by atoms with Crippen molar-refractivity contribution in [2.24, 2.45) is 0 Å². The maximum absolute atomic E-state index is 11.4. The summed E-state index contributed by atoms with van der Waals surface area (Å²) in [6.45, 7) is 4.50. The zero-order valence-corrected chi connectivity index (χ0v) is 11.6. The van der Waals surface area contributed by atoms with E-state index >= 15 is 0 Å². The second kappa shape index (κ2) is 6.28. The molecule has 100 valence electrons. The predicted octanol–water partition coefficient (Wildman–Crippen LogP) is 2.13. The average Bonchev–Trinajstić information content (AvgIpc) is 2.26. The normalized spacial score (nSPS) is 10.2. The monoisotopic (exact) mass is 250 g/mol. The molecule has 0 saturated heterocycles. The molecule has 18 heavy (non-hydrogen) atoms. The number of hydrogen-bond donors (Lipinski definition) is 1. The number of carbonyl (C=O) groups excluding carboxylic acids is 1. The number of hydrogen-bond acceptors (Lipinski definition) is 3. The molecule has 2 N–H and O–H groups in total. The van der Waals surface area contributed by atoms with E-state index in [0.717, 1.165) is 29.0 Å². The Kier molecular flexibility index (Phi) is 5.01. The Morgan fingerprint density at radius 3 is 2.33 bits per heavy atom. The van der Waals surface area contributed by atoms with Gasteiger partial charge in [-0.2, -0.15) is 0 Å². The van der Waals surface area contributed by atoms with Crippen LogP contribution in [0.5, 0.6) is 5.75 Å². The quantitative estimate of drug-likeness (QED) is 0.643. The van der Waals surface area contributed by atoms with E-state index in [2.05, 4.69) is 0 Å². The second-order valence-electron chi connectivity index (χ2n) is 4.72. The third-order valence-corrected chi connectivity index (χ3v) is 2.76. The molecule has 0 atom stereocenters. The van der Waals surface area contributed by atoms with Crippen molar-refractivity contribution in [3.8, 4) is 5.75 Å². The molecular formula is C14H22N2O2. The lowest BCUT2D eigenvalue weighted by atomic mass is 10.1. The van der Waals surface area contributed by atoms with E-state index in [9.17, 15) is 4.79 Å². The average molecular weight is 250 g/mol. The highest BCUT2D eigenvalue weighted by atomic mass is 16.5. The van der Waals surface area contributed by atoms with Crippen molar-refractivity contribution in [2.75, 3.05) is 26.4 Å². The van der Waals surface area contributed by atoms with Gasteiger partial charge in [0.15, 0.2) is 0 Å². The Labute approximate surface area is 109 Å². The maximum Gasteiger partial charge on any atom is 0.222 e. The summed E-state index contributed by atoms with van der Waals surface area (Å²) >= 11 is 0. The van der Waals surface area contributed by atoms with Crippen molar-refractivity contribution in [3.05, 3.63) is 23.3 Å². The van der Waals surface area contributed by atoms with E-state index in [1.807, 2.05) is 26.0 Å². The molecule has 0 aromatic heterocycles. The first-order valence-electron chi connectivity index (χ1n) is 6.11. The predicted molar refractivity (Wildman–Crippen MR) is 73.8 cm³/mol. The number of benzene rings is 1. The first-order valence-corrected chi connectivity index (χ1v) is 6.11. The van der Waals surface area contributed by atoms with Crippen LogP contribution < -0.4 is 10.5 Å². The zero-order chi connectivity index (χ0) is 13.7. The minimum Gasteiger partial charge on any atom is -0.493 e. The van der Waals surface area contributed by atoms with Gasteiger partial charge in [-0.05, 0) is 43.5 Å². The Balaban J connectivity index is 2.47. The van der Waals surface area contributed by atoms with Crippen LogP contribution >= 0.6 is 0 Å². The summed E-state index contributed by atoms with van der Waals surface area (Å²) in [6, 6.07) is 3.79. The first kappa shape index (κ1) is 14.4. The summed E-state index contributed by atoms with van der Waals surface area (Å²) < 4.78 is 5.73. The number of nitrogens with zero attached hydrogens (tertiary/aromatic N) is 1. The number of anilines is 1. The van der Waals surface area contributed by atoms with E-state index in [1.54, 1.807) is 19.0 Å². The smallest absolute Gasteiger partial charge is 0.222 e. The molecule has 1 amide bonds. The van der Waals surface area contributed by atoms with Crippen LogP contribution in [0.15, 0.2) is 12.1 Å². The molecular weight excluding hydrogens is 228 g/mol. The van der Waals surface area contributed by atoms with Crippen molar-refractivity contribution in [2.45, 2.75) is 26.7 Å². The fourth-order valence-electron chi connectivity index (χ4n) is 1.83. The highest BCUT2D eigenvalue weighted by Crippen LogP contribution is 2.25. The molecule has 1 rings (SSSR count). The van der Waals surface area contributed by atoms with Gasteiger partial charge in [0.1, 0.15) is 5.75 Å². The molecule has 0 heterocycles. The minimum atomic E-state index is 0.129. The lowest BCUT2D eigenvalue weighted by Gasteiger charge is -2.14. The number of ether oxygens (including phenoxy) is 1. The minimum absolute atomic E-state index is 0.129. The number of rotatable bonds is 5. The Morgan fingerprint density at radius 1 is 1.28 bits per heavy atom. The van der Waals surface area contributed by atoms with E-state index in [4.69, 9.17) is 10.5 Å². The highest BCUT2D eigenvalue weighted by molar-refractivity contribution is 5.75. The van der Waals surface area contributed by atoms with Crippen LogP contribution in [0.4, 0.5) is 5.69 Å². The van der Waals surface area contributed by atoms with Crippen molar-refractivity contribution in [1.82, 2.24) is 4.90 Å². The van der Waals surface area contributed by atoms with E-state index in [0.29, 0.717) is 13.0 Å². The summed E-state index contributed by atoms with van der Waals surface area (Å²) in [6.07, 6.45) is 1.24. The van der Waals surface area contributed by atoms with Crippen LogP contribution in [0, 0.1) is 13.8 Å². The molecule has 4 heteroatoms.